The van der Waals surface area contributed by atoms with Crippen LogP contribution in [0.5, 0.6) is 5.88 Å². The number of hydrogen-bond donors (Lipinski definition) is 3. The Labute approximate surface area is 194 Å². The van der Waals surface area contributed by atoms with Crippen LogP contribution in [-0.2, 0) is 17.9 Å². The molecule has 0 saturated carbocycles. The number of carbonyl (C=O) groups is 1. The number of nitrogens with zero attached hydrogens (tertiary/aromatic N) is 2. The van der Waals surface area contributed by atoms with Crippen LogP contribution in [0.15, 0.2) is 54.7 Å². The average molecular weight is 446 g/mol. The summed E-state index contributed by atoms with van der Waals surface area (Å²) in [4.78, 5) is 20.8. The first-order chi connectivity index (χ1) is 16.1. The first kappa shape index (κ1) is 22.9. The van der Waals surface area contributed by atoms with Crippen LogP contribution in [0.2, 0.25) is 0 Å². The Morgan fingerprint density at radius 2 is 1.67 bits per heavy atom. The number of benzene rings is 2. The van der Waals surface area contributed by atoms with Crippen molar-refractivity contribution in [2.24, 2.45) is 11.7 Å². The first-order valence-electron chi connectivity index (χ1n) is 11.5. The van der Waals surface area contributed by atoms with Crippen LogP contribution in [0.3, 0.4) is 0 Å². The van der Waals surface area contributed by atoms with Gasteiger partial charge in [0.15, 0.2) is 0 Å². The molecule has 1 aliphatic rings. The summed E-state index contributed by atoms with van der Waals surface area (Å²) in [5.41, 5.74) is 11.3. The van der Waals surface area contributed by atoms with Crippen LogP contribution in [0, 0.1) is 5.92 Å². The van der Waals surface area contributed by atoms with E-state index in [0.29, 0.717) is 31.5 Å². The van der Waals surface area contributed by atoms with E-state index >= 15 is 0 Å². The van der Waals surface area contributed by atoms with Crippen molar-refractivity contribution in [3.05, 3.63) is 65.9 Å². The highest BCUT2D eigenvalue weighted by Crippen LogP contribution is 2.31. The second kappa shape index (κ2) is 11.0. The molecule has 1 amide bonds. The SMILES string of the molecule is CC(=O)NCc1ccc(-c2ncc(OCC3CCNCC3)nc2-c2ccc(CN)cc2)cc1. The molecule has 1 aromatic heterocycles. The van der Waals surface area contributed by atoms with Crippen molar-refractivity contribution in [1.82, 2.24) is 20.6 Å². The van der Waals surface area contributed by atoms with Crippen LogP contribution in [0.1, 0.15) is 30.9 Å². The molecule has 1 fully saturated rings. The van der Waals surface area contributed by atoms with Crippen molar-refractivity contribution in [3.8, 4) is 28.4 Å². The van der Waals surface area contributed by atoms with E-state index < -0.39 is 0 Å². The maximum absolute atomic E-state index is 11.2. The largest absolute Gasteiger partial charge is 0.476 e. The molecule has 2 heterocycles. The van der Waals surface area contributed by atoms with Gasteiger partial charge >= 0.3 is 0 Å². The van der Waals surface area contributed by atoms with Crippen LogP contribution < -0.4 is 21.1 Å². The lowest BCUT2D eigenvalue weighted by atomic mass is 9.99. The lowest BCUT2D eigenvalue weighted by Crippen LogP contribution is -2.30. The van der Waals surface area contributed by atoms with Crippen molar-refractivity contribution in [3.63, 3.8) is 0 Å². The minimum atomic E-state index is -0.0479. The van der Waals surface area contributed by atoms with E-state index in [1.807, 2.05) is 48.5 Å². The van der Waals surface area contributed by atoms with Crippen LogP contribution in [0.25, 0.3) is 22.5 Å². The Bertz CT molecular complexity index is 1060. The van der Waals surface area contributed by atoms with Crippen molar-refractivity contribution in [2.75, 3.05) is 19.7 Å². The number of amides is 1. The number of hydrogen-bond acceptors (Lipinski definition) is 6. The van der Waals surface area contributed by atoms with Crippen LogP contribution in [-0.4, -0.2) is 35.6 Å². The van der Waals surface area contributed by atoms with Gasteiger partial charge in [0, 0.05) is 31.1 Å². The molecule has 7 heteroatoms. The molecule has 172 valence electrons. The van der Waals surface area contributed by atoms with Crippen molar-refractivity contribution >= 4 is 5.91 Å². The molecule has 7 nitrogen and oxygen atoms in total. The Kier molecular flexibility index (Phi) is 7.65. The van der Waals surface area contributed by atoms with Gasteiger partial charge in [0.2, 0.25) is 11.8 Å². The predicted molar refractivity (Wildman–Crippen MR) is 129 cm³/mol. The van der Waals surface area contributed by atoms with Gasteiger partial charge in [-0.3, -0.25) is 4.79 Å². The van der Waals surface area contributed by atoms with E-state index in [-0.39, 0.29) is 5.91 Å². The fourth-order valence-electron chi connectivity index (χ4n) is 3.91. The number of rotatable bonds is 8. The molecule has 4 N–H and O–H groups in total. The maximum Gasteiger partial charge on any atom is 0.232 e. The summed E-state index contributed by atoms with van der Waals surface area (Å²) in [5.74, 6) is 1.03. The number of nitrogens with two attached hydrogens (primary N) is 1. The molecule has 3 aromatic rings. The molecule has 33 heavy (non-hydrogen) atoms. The molecular formula is C26H31N5O2. The highest BCUT2D eigenvalue weighted by Gasteiger charge is 2.16. The minimum Gasteiger partial charge on any atom is -0.476 e. The molecule has 0 spiro atoms. The van der Waals surface area contributed by atoms with Gasteiger partial charge in [-0.15, -0.1) is 0 Å². The fourth-order valence-corrected chi connectivity index (χ4v) is 3.91. The lowest BCUT2D eigenvalue weighted by molar-refractivity contribution is -0.119. The number of ether oxygens (including phenoxy) is 1. The molecule has 0 unspecified atom stereocenters. The summed E-state index contributed by atoms with van der Waals surface area (Å²) in [7, 11) is 0. The van der Waals surface area contributed by atoms with Crippen molar-refractivity contribution < 1.29 is 9.53 Å². The van der Waals surface area contributed by atoms with E-state index in [1.54, 1.807) is 6.20 Å². The number of aromatic nitrogens is 2. The van der Waals surface area contributed by atoms with E-state index in [2.05, 4.69) is 10.6 Å². The van der Waals surface area contributed by atoms with Gasteiger partial charge in [0.25, 0.3) is 0 Å². The Morgan fingerprint density at radius 3 is 2.30 bits per heavy atom. The number of nitrogens with one attached hydrogen (secondary N) is 2. The molecule has 0 radical (unpaired) electrons. The minimum absolute atomic E-state index is 0.0479. The summed E-state index contributed by atoms with van der Waals surface area (Å²) in [6, 6.07) is 16.1. The molecule has 1 saturated heterocycles. The average Bonchev–Trinajstić information content (AvgIpc) is 2.87. The van der Waals surface area contributed by atoms with E-state index in [9.17, 15) is 4.79 Å². The summed E-state index contributed by atoms with van der Waals surface area (Å²) >= 11 is 0. The summed E-state index contributed by atoms with van der Waals surface area (Å²) in [5, 5.41) is 6.20. The second-order valence-corrected chi connectivity index (χ2v) is 8.42. The normalized spacial score (nSPS) is 14.1. The van der Waals surface area contributed by atoms with Crippen molar-refractivity contribution in [2.45, 2.75) is 32.9 Å². The lowest BCUT2D eigenvalue weighted by Gasteiger charge is -2.22. The summed E-state index contributed by atoms with van der Waals surface area (Å²) < 4.78 is 6.06. The van der Waals surface area contributed by atoms with Gasteiger partial charge in [0.1, 0.15) is 5.69 Å². The maximum atomic E-state index is 11.2. The van der Waals surface area contributed by atoms with Crippen LogP contribution >= 0.6 is 0 Å². The number of carbonyl (C=O) groups excluding carboxylic acids is 1. The quantitative estimate of drug-likeness (QED) is 0.492. The third-order valence-corrected chi connectivity index (χ3v) is 5.91. The van der Waals surface area contributed by atoms with Crippen molar-refractivity contribution in [1.29, 1.82) is 0 Å². The standard InChI is InChI=1S/C26H31N5O2/c1-18(32)29-15-20-4-8-22(9-5-20)25-26(23-6-2-19(14-27)3-7-23)31-24(16-30-25)33-17-21-10-12-28-13-11-21/h2-9,16,21,28H,10-15,17,27H2,1H3,(H,29,32). The van der Waals surface area contributed by atoms with Gasteiger partial charge < -0.3 is 21.1 Å². The smallest absolute Gasteiger partial charge is 0.232 e. The monoisotopic (exact) mass is 445 g/mol. The molecule has 4 rings (SSSR count). The Morgan fingerprint density at radius 1 is 1.03 bits per heavy atom. The van der Waals surface area contributed by atoms with Gasteiger partial charge in [-0.2, -0.15) is 0 Å². The highest BCUT2D eigenvalue weighted by atomic mass is 16.5. The topological polar surface area (TPSA) is 102 Å². The summed E-state index contributed by atoms with van der Waals surface area (Å²) in [6.45, 7) is 5.23. The van der Waals surface area contributed by atoms with E-state index in [0.717, 1.165) is 59.6 Å². The Hall–Kier alpha value is -3.29. The third kappa shape index (κ3) is 6.15. The zero-order valence-corrected chi connectivity index (χ0v) is 19.0. The van der Waals surface area contributed by atoms with E-state index in [4.69, 9.17) is 20.4 Å². The first-order valence-corrected chi connectivity index (χ1v) is 11.5. The molecule has 2 aromatic carbocycles. The molecule has 0 atom stereocenters. The third-order valence-electron chi connectivity index (χ3n) is 5.91. The second-order valence-electron chi connectivity index (χ2n) is 8.42. The molecule has 1 aliphatic heterocycles. The summed E-state index contributed by atoms with van der Waals surface area (Å²) in [6.07, 6.45) is 3.94. The Balaban J connectivity index is 1.61. The van der Waals surface area contributed by atoms with Gasteiger partial charge in [-0.25, -0.2) is 9.97 Å². The molecule has 0 aliphatic carbocycles. The zero-order chi connectivity index (χ0) is 23.0. The van der Waals surface area contributed by atoms with Crippen LogP contribution in [0.4, 0.5) is 0 Å². The zero-order valence-electron chi connectivity index (χ0n) is 19.0. The van der Waals surface area contributed by atoms with Gasteiger partial charge in [-0.05, 0) is 43.0 Å². The molecule has 0 bridgehead atoms. The molecular weight excluding hydrogens is 414 g/mol. The van der Waals surface area contributed by atoms with Gasteiger partial charge in [0.05, 0.1) is 18.5 Å². The van der Waals surface area contributed by atoms with Gasteiger partial charge in [-0.1, -0.05) is 48.5 Å². The van der Waals surface area contributed by atoms with E-state index in [1.165, 1.54) is 6.92 Å². The fraction of sp³-hybridized carbons (Fsp3) is 0.346. The highest BCUT2D eigenvalue weighted by molar-refractivity contribution is 5.78. The predicted octanol–water partition coefficient (Wildman–Crippen LogP) is 3.28. The number of piperidine rings is 1.